The first kappa shape index (κ1) is 10.9. The molecular formula is C12H8N3O2. The van der Waals surface area contributed by atoms with Crippen molar-refractivity contribution in [2.75, 3.05) is 0 Å². The normalized spacial score (nSPS) is 10.6. The Morgan fingerprint density at radius 3 is 2.35 bits per heavy atom. The highest BCUT2D eigenvalue weighted by atomic mass is 16.6. The van der Waals surface area contributed by atoms with Gasteiger partial charge >= 0.3 is 0 Å². The highest BCUT2D eigenvalue weighted by Crippen LogP contribution is 2.20. The Morgan fingerprint density at radius 1 is 1.06 bits per heavy atom. The molecule has 2 rings (SSSR count). The lowest BCUT2D eigenvalue weighted by Gasteiger charge is -1.93. The Bertz CT molecular complexity index is 535. The first-order valence-corrected chi connectivity index (χ1v) is 4.88. The minimum Gasteiger partial charge on any atom is -0.258 e. The maximum absolute atomic E-state index is 10.4. The summed E-state index contributed by atoms with van der Waals surface area (Å²) in [4.78, 5) is 9.99. The van der Waals surface area contributed by atoms with Gasteiger partial charge in [-0.1, -0.05) is 12.1 Å². The van der Waals surface area contributed by atoms with Crippen LogP contribution in [0.2, 0.25) is 0 Å². The molecule has 0 N–H and O–H groups in total. The summed E-state index contributed by atoms with van der Waals surface area (Å²) < 4.78 is 0. The van der Waals surface area contributed by atoms with Crippen molar-refractivity contribution < 1.29 is 4.92 Å². The van der Waals surface area contributed by atoms with E-state index in [2.05, 4.69) is 16.3 Å². The van der Waals surface area contributed by atoms with Crippen LogP contribution >= 0.6 is 0 Å². The lowest BCUT2D eigenvalue weighted by molar-refractivity contribution is -0.384. The van der Waals surface area contributed by atoms with Crippen LogP contribution in [0.25, 0.3) is 0 Å². The molecule has 5 heteroatoms. The fourth-order valence-corrected chi connectivity index (χ4v) is 1.20. The predicted octanol–water partition coefficient (Wildman–Crippen LogP) is 3.81. The molecule has 0 saturated heterocycles. The number of nitro benzene ring substituents is 1. The minimum absolute atomic E-state index is 0.0389. The molecule has 2 aromatic rings. The van der Waals surface area contributed by atoms with Gasteiger partial charge in [-0.15, -0.1) is 0 Å². The summed E-state index contributed by atoms with van der Waals surface area (Å²) in [6.07, 6.45) is 0. The van der Waals surface area contributed by atoms with Crippen LogP contribution in [0.5, 0.6) is 0 Å². The van der Waals surface area contributed by atoms with Gasteiger partial charge in [0, 0.05) is 12.1 Å². The van der Waals surface area contributed by atoms with Crippen LogP contribution in [-0.2, 0) is 0 Å². The second-order valence-electron chi connectivity index (χ2n) is 3.24. The summed E-state index contributed by atoms with van der Waals surface area (Å²) in [6, 6.07) is 15.8. The van der Waals surface area contributed by atoms with Gasteiger partial charge < -0.3 is 0 Å². The molecule has 17 heavy (non-hydrogen) atoms. The largest absolute Gasteiger partial charge is 0.269 e. The third kappa shape index (κ3) is 2.94. The van der Waals surface area contributed by atoms with Gasteiger partial charge in [-0.2, -0.15) is 10.2 Å². The van der Waals surface area contributed by atoms with Crippen molar-refractivity contribution in [1.29, 1.82) is 0 Å². The lowest BCUT2D eigenvalue weighted by atomic mass is 10.3. The molecule has 0 saturated carbocycles. The van der Waals surface area contributed by atoms with Gasteiger partial charge in [0.1, 0.15) is 0 Å². The molecule has 2 aromatic carbocycles. The number of rotatable bonds is 3. The van der Waals surface area contributed by atoms with E-state index in [-0.39, 0.29) is 5.69 Å². The molecule has 0 unspecified atom stereocenters. The first-order valence-electron chi connectivity index (χ1n) is 4.88. The van der Waals surface area contributed by atoms with E-state index in [1.807, 2.05) is 6.07 Å². The third-order valence-corrected chi connectivity index (χ3v) is 2.03. The number of azo groups is 1. The Balaban J connectivity index is 2.14. The highest BCUT2D eigenvalue weighted by Gasteiger charge is 2.02. The monoisotopic (exact) mass is 226 g/mol. The zero-order valence-electron chi connectivity index (χ0n) is 8.78. The maximum atomic E-state index is 10.4. The fourth-order valence-electron chi connectivity index (χ4n) is 1.20. The van der Waals surface area contributed by atoms with E-state index in [0.717, 1.165) is 0 Å². The summed E-state index contributed by atoms with van der Waals surface area (Å²) in [5.74, 6) is 0. The van der Waals surface area contributed by atoms with E-state index in [1.165, 1.54) is 12.1 Å². The highest BCUT2D eigenvalue weighted by molar-refractivity contribution is 5.44. The molecule has 0 aliphatic rings. The second-order valence-corrected chi connectivity index (χ2v) is 3.24. The Labute approximate surface area is 97.6 Å². The van der Waals surface area contributed by atoms with Crippen LogP contribution in [-0.4, -0.2) is 4.92 Å². The molecule has 0 amide bonds. The zero-order chi connectivity index (χ0) is 12.1. The van der Waals surface area contributed by atoms with Crippen LogP contribution in [0.4, 0.5) is 17.1 Å². The van der Waals surface area contributed by atoms with Crippen LogP contribution in [0.1, 0.15) is 0 Å². The average Bonchev–Trinajstić information content (AvgIpc) is 2.38. The van der Waals surface area contributed by atoms with Crippen molar-refractivity contribution in [3.8, 4) is 0 Å². The van der Waals surface area contributed by atoms with Gasteiger partial charge in [0.2, 0.25) is 0 Å². The molecule has 0 bridgehead atoms. The van der Waals surface area contributed by atoms with Crippen molar-refractivity contribution >= 4 is 17.1 Å². The Kier molecular flexibility index (Phi) is 3.20. The second kappa shape index (κ2) is 4.98. The standard InChI is InChI=1S/C12H8N3O2/c16-15(17)12-8-6-11(7-9-12)14-13-10-4-2-1-3-5-10/h1-2,4-9H. The average molecular weight is 226 g/mol. The number of nitro groups is 1. The van der Waals surface area contributed by atoms with Gasteiger partial charge in [-0.05, 0) is 30.3 Å². The van der Waals surface area contributed by atoms with E-state index < -0.39 is 4.92 Å². The molecule has 0 fully saturated rings. The molecule has 0 aliphatic heterocycles. The molecule has 0 atom stereocenters. The Morgan fingerprint density at radius 2 is 1.76 bits per heavy atom. The molecule has 0 heterocycles. The topological polar surface area (TPSA) is 67.9 Å². The number of hydrogen-bond acceptors (Lipinski definition) is 4. The van der Waals surface area contributed by atoms with Crippen LogP contribution < -0.4 is 0 Å². The molecule has 0 aromatic heterocycles. The van der Waals surface area contributed by atoms with Crippen molar-refractivity contribution in [2.45, 2.75) is 0 Å². The van der Waals surface area contributed by atoms with Gasteiger partial charge in [0.25, 0.3) is 5.69 Å². The molecular weight excluding hydrogens is 218 g/mol. The SMILES string of the molecule is O=[N+]([O-])c1ccc(N=Nc2c[c]ccc2)cc1. The van der Waals surface area contributed by atoms with Crippen molar-refractivity contribution in [3.63, 3.8) is 0 Å². The molecule has 83 valence electrons. The number of hydrogen-bond donors (Lipinski definition) is 0. The van der Waals surface area contributed by atoms with E-state index in [0.29, 0.717) is 11.4 Å². The predicted molar refractivity (Wildman–Crippen MR) is 62.6 cm³/mol. The van der Waals surface area contributed by atoms with Gasteiger partial charge in [-0.25, -0.2) is 0 Å². The van der Waals surface area contributed by atoms with Gasteiger partial charge in [0.05, 0.1) is 16.3 Å². The van der Waals surface area contributed by atoms with Crippen molar-refractivity contribution in [2.24, 2.45) is 10.2 Å². The molecule has 5 nitrogen and oxygen atoms in total. The van der Waals surface area contributed by atoms with Crippen LogP contribution in [0.3, 0.4) is 0 Å². The number of nitrogens with zero attached hydrogens (tertiary/aromatic N) is 3. The van der Waals surface area contributed by atoms with Gasteiger partial charge in [0.15, 0.2) is 0 Å². The van der Waals surface area contributed by atoms with E-state index >= 15 is 0 Å². The first-order chi connectivity index (χ1) is 8.25. The molecule has 0 spiro atoms. The lowest BCUT2D eigenvalue weighted by Crippen LogP contribution is -1.85. The van der Waals surface area contributed by atoms with Crippen LogP contribution in [0, 0.1) is 16.2 Å². The van der Waals surface area contributed by atoms with Crippen molar-refractivity contribution in [3.05, 3.63) is 64.7 Å². The summed E-state index contributed by atoms with van der Waals surface area (Å²) in [6.45, 7) is 0. The number of non-ortho nitro benzene ring substituents is 1. The zero-order valence-corrected chi connectivity index (χ0v) is 8.78. The summed E-state index contributed by atoms with van der Waals surface area (Å²) in [5.41, 5.74) is 1.29. The quantitative estimate of drug-likeness (QED) is 0.453. The fraction of sp³-hybridized carbons (Fsp3) is 0. The van der Waals surface area contributed by atoms with Crippen molar-refractivity contribution in [1.82, 2.24) is 0 Å². The van der Waals surface area contributed by atoms with E-state index in [4.69, 9.17) is 0 Å². The summed E-state index contributed by atoms with van der Waals surface area (Å²) >= 11 is 0. The minimum atomic E-state index is -0.451. The number of benzene rings is 2. The Hall–Kier alpha value is -2.56. The van der Waals surface area contributed by atoms with Crippen LogP contribution in [0.15, 0.2) is 58.8 Å². The summed E-state index contributed by atoms with van der Waals surface area (Å²) in [5, 5.41) is 18.4. The van der Waals surface area contributed by atoms with E-state index in [9.17, 15) is 10.1 Å². The molecule has 0 aliphatic carbocycles. The third-order valence-electron chi connectivity index (χ3n) is 2.03. The maximum Gasteiger partial charge on any atom is 0.269 e. The van der Waals surface area contributed by atoms with Gasteiger partial charge in [-0.3, -0.25) is 10.1 Å². The van der Waals surface area contributed by atoms with E-state index in [1.54, 1.807) is 30.3 Å². The summed E-state index contributed by atoms with van der Waals surface area (Å²) in [7, 11) is 0. The molecule has 1 radical (unpaired) electrons. The smallest absolute Gasteiger partial charge is 0.258 e.